The fourth-order valence-corrected chi connectivity index (χ4v) is 1.37. The van der Waals surface area contributed by atoms with Crippen LogP contribution in [0.15, 0.2) is 24.3 Å². The van der Waals surface area contributed by atoms with Crippen LogP contribution in [0.5, 0.6) is 0 Å². The topological polar surface area (TPSA) is 63.6 Å². The first-order valence-electron chi connectivity index (χ1n) is 5.51. The van der Waals surface area contributed by atoms with Gasteiger partial charge in [-0.05, 0) is 17.5 Å². The van der Waals surface area contributed by atoms with E-state index in [4.69, 9.17) is 9.84 Å². The molecule has 0 aliphatic heterocycles. The molecule has 4 heteroatoms. The molecule has 0 aliphatic carbocycles. The first-order valence-corrected chi connectivity index (χ1v) is 5.51. The summed E-state index contributed by atoms with van der Waals surface area (Å²) in [5.74, 6) is -1.53. The average molecular weight is 236 g/mol. The molecule has 1 rings (SSSR count). The van der Waals surface area contributed by atoms with E-state index in [1.807, 2.05) is 24.3 Å². The van der Waals surface area contributed by atoms with Gasteiger partial charge in [0.1, 0.15) is 13.0 Å². The van der Waals surface area contributed by atoms with Crippen molar-refractivity contribution in [1.29, 1.82) is 0 Å². The van der Waals surface area contributed by atoms with E-state index in [0.717, 1.165) is 12.0 Å². The van der Waals surface area contributed by atoms with E-state index in [-0.39, 0.29) is 6.61 Å². The van der Waals surface area contributed by atoms with Crippen LogP contribution in [0.2, 0.25) is 0 Å². The van der Waals surface area contributed by atoms with Gasteiger partial charge in [-0.2, -0.15) is 0 Å². The molecule has 0 aliphatic rings. The summed E-state index contributed by atoms with van der Waals surface area (Å²) < 4.78 is 5.14. The molecule has 1 aromatic carbocycles. The third kappa shape index (κ3) is 5.26. The van der Waals surface area contributed by atoms with Crippen LogP contribution in [0.4, 0.5) is 0 Å². The van der Waals surface area contributed by atoms with Crippen molar-refractivity contribution in [1.82, 2.24) is 0 Å². The first-order chi connectivity index (χ1) is 8.11. The molecular formula is C13H16O4. The smallest absolute Gasteiger partial charge is 0.310 e. The summed E-state index contributed by atoms with van der Waals surface area (Å²) in [5, 5.41) is 8.38. The molecular weight excluding hydrogens is 220 g/mol. The van der Waals surface area contributed by atoms with E-state index in [1.165, 1.54) is 5.56 Å². The van der Waals surface area contributed by atoms with Gasteiger partial charge in [0, 0.05) is 0 Å². The number of carbonyl (C=O) groups is 2. The number of carboxylic acid groups (broad SMARTS) is 1. The molecule has 0 amide bonds. The minimum Gasteiger partial charge on any atom is -0.481 e. The van der Waals surface area contributed by atoms with Crippen molar-refractivity contribution in [3.05, 3.63) is 35.4 Å². The van der Waals surface area contributed by atoms with Gasteiger partial charge in [-0.1, -0.05) is 31.2 Å². The molecule has 0 saturated carbocycles. The van der Waals surface area contributed by atoms with Crippen LogP contribution in [0, 0.1) is 0 Å². The lowest BCUT2D eigenvalue weighted by molar-refractivity contribution is -0.141. The van der Waals surface area contributed by atoms with Crippen molar-refractivity contribution in [3.8, 4) is 0 Å². The molecule has 1 N–H and O–H groups in total. The van der Waals surface area contributed by atoms with E-state index in [0.29, 0.717) is 6.61 Å². The highest BCUT2D eigenvalue weighted by Gasteiger charge is 2.07. The first kappa shape index (κ1) is 13.4. The molecule has 4 nitrogen and oxygen atoms in total. The summed E-state index contributed by atoms with van der Waals surface area (Å²) >= 11 is 0. The van der Waals surface area contributed by atoms with Gasteiger partial charge in [0.2, 0.25) is 0 Å². The molecule has 0 aromatic heterocycles. The molecule has 0 bridgehead atoms. The summed E-state index contributed by atoms with van der Waals surface area (Å²) in [6.07, 6.45) is 0.507. The van der Waals surface area contributed by atoms with Gasteiger partial charge in [-0.3, -0.25) is 9.59 Å². The van der Waals surface area contributed by atoms with Crippen molar-refractivity contribution in [2.45, 2.75) is 26.4 Å². The minimum atomic E-state index is -1.12. The number of hydrogen-bond acceptors (Lipinski definition) is 3. The lowest BCUT2D eigenvalue weighted by Crippen LogP contribution is -2.13. The number of hydrogen-bond donors (Lipinski definition) is 1. The number of Topliss-reactive ketones (excluding diaryl/α,β-unsaturated/α-hetero) is 1. The van der Waals surface area contributed by atoms with Crippen LogP contribution in [-0.2, 0) is 27.4 Å². The normalized spacial score (nSPS) is 10.2. The number of rotatable bonds is 7. The summed E-state index contributed by atoms with van der Waals surface area (Å²) in [5.41, 5.74) is 2.22. The predicted octanol–water partition coefficient (Wildman–Crippen LogP) is 1.81. The van der Waals surface area contributed by atoms with Crippen LogP contribution in [-0.4, -0.2) is 23.5 Å². The second-order valence-electron chi connectivity index (χ2n) is 3.77. The molecule has 17 heavy (non-hydrogen) atoms. The van der Waals surface area contributed by atoms with Gasteiger partial charge in [0.05, 0.1) is 6.61 Å². The van der Waals surface area contributed by atoms with Crippen molar-refractivity contribution >= 4 is 11.8 Å². The number of carboxylic acids is 1. The van der Waals surface area contributed by atoms with Gasteiger partial charge >= 0.3 is 5.97 Å². The Bertz CT molecular complexity index is 381. The molecule has 92 valence electrons. The van der Waals surface area contributed by atoms with E-state index in [9.17, 15) is 9.59 Å². The summed E-state index contributed by atoms with van der Waals surface area (Å²) in [6, 6.07) is 7.91. The largest absolute Gasteiger partial charge is 0.481 e. The van der Waals surface area contributed by atoms with Crippen molar-refractivity contribution < 1.29 is 19.4 Å². The zero-order chi connectivity index (χ0) is 12.7. The lowest BCUT2D eigenvalue weighted by atomic mass is 10.1. The number of ketones is 1. The Balaban J connectivity index is 2.30. The Morgan fingerprint density at radius 3 is 2.29 bits per heavy atom. The number of benzene rings is 1. The molecule has 0 heterocycles. The van der Waals surface area contributed by atoms with E-state index >= 15 is 0 Å². The highest BCUT2D eigenvalue weighted by molar-refractivity contribution is 5.95. The highest BCUT2D eigenvalue weighted by atomic mass is 16.5. The number of aliphatic carboxylic acids is 1. The number of aryl methyl sites for hydroxylation is 1. The van der Waals surface area contributed by atoms with Crippen molar-refractivity contribution in [3.63, 3.8) is 0 Å². The molecule has 0 atom stereocenters. The van der Waals surface area contributed by atoms with Gasteiger partial charge in [0.15, 0.2) is 5.78 Å². The van der Waals surface area contributed by atoms with E-state index in [1.54, 1.807) is 0 Å². The number of carbonyl (C=O) groups excluding carboxylic acids is 1. The lowest BCUT2D eigenvalue weighted by Gasteiger charge is -2.04. The van der Waals surface area contributed by atoms with Crippen molar-refractivity contribution in [2.75, 3.05) is 6.61 Å². The van der Waals surface area contributed by atoms with Crippen LogP contribution in [0.3, 0.4) is 0 Å². The van der Waals surface area contributed by atoms with Gasteiger partial charge in [0.25, 0.3) is 0 Å². The molecule has 0 unspecified atom stereocenters. The monoisotopic (exact) mass is 236 g/mol. The van der Waals surface area contributed by atoms with Crippen LogP contribution in [0.25, 0.3) is 0 Å². The standard InChI is InChI=1S/C13H16O4/c1-2-10-3-5-11(6-4-10)8-17-9-12(14)7-13(15)16/h3-6H,2,7-9H2,1H3,(H,15,16). The Labute approximate surface area is 100 Å². The molecule has 1 aromatic rings. The summed E-state index contributed by atoms with van der Waals surface area (Å²) in [6.45, 7) is 2.26. The SMILES string of the molecule is CCc1ccc(COCC(=O)CC(=O)O)cc1. The minimum absolute atomic E-state index is 0.151. The highest BCUT2D eigenvalue weighted by Crippen LogP contribution is 2.06. The zero-order valence-electron chi connectivity index (χ0n) is 9.81. The zero-order valence-corrected chi connectivity index (χ0v) is 9.81. The van der Waals surface area contributed by atoms with E-state index in [2.05, 4.69) is 6.92 Å². The van der Waals surface area contributed by atoms with Crippen molar-refractivity contribution in [2.24, 2.45) is 0 Å². The maximum absolute atomic E-state index is 11.0. The summed E-state index contributed by atoms with van der Waals surface area (Å²) in [4.78, 5) is 21.3. The van der Waals surface area contributed by atoms with Crippen LogP contribution < -0.4 is 0 Å². The van der Waals surface area contributed by atoms with Crippen LogP contribution >= 0.6 is 0 Å². The molecule has 0 saturated heterocycles. The summed E-state index contributed by atoms with van der Waals surface area (Å²) in [7, 11) is 0. The second-order valence-corrected chi connectivity index (χ2v) is 3.77. The van der Waals surface area contributed by atoms with E-state index < -0.39 is 18.2 Å². The second kappa shape index (κ2) is 6.81. The average Bonchev–Trinajstić information content (AvgIpc) is 2.29. The number of ether oxygens (including phenoxy) is 1. The predicted molar refractivity (Wildman–Crippen MR) is 62.7 cm³/mol. The molecule has 0 spiro atoms. The Hall–Kier alpha value is -1.68. The third-order valence-electron chi connectivity index (χ3n) is 2.31. The maximum Gasteiger partial charge on any atom is 0.310 e. The van der Waals surface area contributed by atoms with Crippen LogP contribution in [0.1, 0.15) is 24.5 Å². The quantitative estimate of drug-likeness (QED) is 0.733. The van der Waals surface area contributed by atoms with Gasteiger partial charge < -0.3 is 9.84 Å². The maximum atomic E-state index is 11.0. The third-order valence-corrected chi connectivity index (χ3v) is 2.31. The fourth-order valence-electron chi connectivity index (χ4n) is 1.37. The van der Waals surface area contributed by atoms with Gasteiger partial charge in [-0.25, -0.2) is 0 Å². The van der Waals surface area contributed by atoms with Gasteiger partial charge in [-0.15, -0.1) is 0 Å². The Kier molecular flexibility index (Phi) is 5.36. The molecule has 0 radical (unpaired) electrons. The Morgan fingerprint density at radius 2 is 1.76 bits per heavy atom. The Morgan fingerprint density at radius 1 is 1.18 bits per heavy atom. The fraction of sp³-hybridized carbons (Fsp3) is 0.385. The molecule has 0 fully saturated rings.